The quantitative estimate of drug-likeness (QED) is 0.880. The summed E-state index contributed by atoms with van der Waals surface area (Å²) in [6.07, 6.45) is 0. The van der Waals surface area contributed by atoms with Crippen LogP contribution in [-0.4, -0.2) is 31.9 Å². The van der Waals surface area contributed by atoms with Gasteiger partial charge in [0.15, 0.2) is 0 Å². The largest absolute Gasteiger partial charge is 0.326 e. The van der Waals surface area contributed by atoms with Gasteiger partial charge >= 0.3 is 0 Å². The Morgan fingerprint density at radius 1 is 1.37 bits per heavy atom. The second-order valence-electron chi connectivity index (χ2n) is 5.02. The van der Waals surface area contributed by atoms with E-state index in [0.717, 1.165) is 0 Å². The van der Waals surface area contributed by atoms with E-state index in [0.29, 0.717) is 24.2 Å². The second kappa shape index (κ2) is 5.29. The standard InChI is InChI=1S/C13H17N3O2S/c1-10-7-16(8-13(10)15)19(17,18)9-12-4-2-11(6-14)3-5-12/h2-5,10,13H,7-9,15H2,1H3. The molecule has 0 spiro atoms. The topological polar surface area (TPSA) is 87.2 Å². The maximum Gasteiger partial charge on any atom is 0.218 e. The molecule has 1 saturated heterocycles. The normalized spacial score (nSPS) is 24.3. The van der Waals surface area contributed by atoms with Gasteiger partial charge in [0.25, 0.3) is 0 Å². The Bertz CT molecular complexity index is 579. The van der Waals surface area contributed by atoms with Crippen molar-refractivity contribution in [2.45, 2.75) is 18.7 Å². The van der Waals surface area contributed by atoms with Crippen molar-refractivity contribution < 1.29 is 8.42 Å². The molecule has 0 amide bonds. The Labute approximate surface area is 113 Å². The van der Waals surface area contributed by atoms with Crippen molar-refractivity contribution in [2.75, 3.05) is 13.1 Å². The van der Waals surface area contributed by atoms with E-state index < -0.39 is 10.0 Å². The number of sulfonamides is 1. The molecule has 102 valence electrons. The molecule has 0 radical (unpaired) electrons. The zero-order valence-corrected chi connectivity index (χ0v) is 11.6. The van der Waals surface area contributed by atoms with E-state index in [-0.39, 0.29) is 17.7 Å². The molecule has 5 nitrogen and oxygen atoms in total. The highest BCUT2D eigenvalue weighted by Gasteiger charge is 2.34. The predicted molar refractivity (Wildman–Crippen MR) is 72.5 cm³/mol. The summed E-state index contributed by atoms with van der Waals surface area (Å²) in [5.74, 6) is 0.147. The van der Waals surface area contributed by atoms with Gasteiger partial charge in [0.1, 0.15) is 0 Å². The molecule has 2 N–H and O–H groups in total. The monoisotopic (exact) mass is 279 g/mol. The first-order valence-electron chi connectivity index (χ1n) is 6.15. The van der Waals surface area contributed by atoms with Crippen LogP contribution in [-0.2, 0) is 15.8 Å². The fourth-order valence-corrected chi connectivity index (χ4v) is 3.81. The van der Waals surface area contributed by atoms with Crippen molar-refractivity contribution in [1.82, 2.24) is 4.31 Å². The van der Waals surface area contributed by atoms with Crippen molar-refractivity contribution in [1.29, 1.82) is 5.26 Å². The van der Waals surface area contributed by atoms with Gasteiger partial charge in [-0.15, -0.1) is 0 Å². The molecule has 0 saturated carbocycles. The molecule has 2 unspecified atom stereocenters. The summed E-state index contributed by atoms with van der Waals surface area (Å²) in [5.41, 5.74) is 7.07. The minimum atomic E-state index is -3.33. The lowest BCUT2D eigenvalue weighted by Crippen LogP contribution is -2.33. The molecule has 2 atom stereocenters. The summed E-state index contributed by atoms with van der Waals surface area (Å²) in [6, 6.07) is 8.53. The molecule has 1 fully saturated rings. The molecule has 0 bridgehead atoms. The SMILES string of the molecule is CC1CN(S(=O)(=O)Cc2ccc(C#N)cc2)CC1N. The number of rotatable bonds is 3. The van der Waals surface area contributed by atoms with Crippen LogP contribution < -0.4 is 5.73 Å². The summed E-state index contributed by atoms with van der Waals surface area (Å²) in [7, 11) is -3.33. The lowest BCUT2D eigenvalue weighted by Gasteiger charge is -2.16. The van der Waals surface area contributed by atoms with Crippen LogP contribution in [0, 0.1) is 17.2 Å². The van der Waals surface area contributed by atoms with Crippen LogP contribution in [0.1, 0.15) is 18.1 Å². The molecule has 1 aliphatic rings. The average Bonchev–Trinajstić information content (AvgIpc) is 2.71. The molecule has 6 heteroatoms. The van der Waals surface area contributed by atoms with E-state index in [1.165, 1.54) is 4.31 Å². The van der Waals surface area contributed by atoms with Crippen LogP contribution in [0.3, 0.4) is 0 Å². The van der Waals surface area contributed by atoms with Gasteiger partial charge in [-0.3, -0.25) is 0 Å². The molecular weight excluding hydrogens is 262 g/mol. The minimum Gasteiger partial charge on any atom is -0.326 e. The zero-order valence-electron chi connectivity index (χ0n) is 10.8. The lowest BCUT2D eigenvalue weighted by molar-refractivity contribution is 0.463. The van der Waals surface area contributed by atoms with E-state index in [9.17, 15) is 8.42 Å². The van der Waals surface area contributed by atoms with Crippen molar-refractivity contribution in [2.24, 2.45) is 11.7 Å². The van der Waals surface area contributed by atoms with Gasteiger partial charge in [0.2, 0.25) is 10.0 Å². The molecule has 2 rings (SSSR count). The summed E-state index contributed by atoms with van der Waals surface area (Å²) < 4.78 is 26.0. The molecule has 1 heterocycles. The predicted octanol–water partition coefficient (Wildman–Crippen LogP) is 0.667. The smallest absolute Gasteiger partial charge is 0.218 e. The highest BCUT2D eigenvalue weighted by atomic mass is 32.2. The van der Waals surface area contributed by atoms with Gasteiger partial charge in [0.05, 0.1) is 17.4 Å². The maximum absolute atomic E-state index is 12.3. The van der Waals surface area contributed by atoms with Crippen molar-refractivity contribution >= 4 is 10.0 Å². The Kier molecular flexibility index (Phi) is 3.90. The molecule has 1 aromatic carbocycles. The minimum absolute atomic E-state index is 0.0435. The van der Waals surface area contributed by atoms with Crippen molar-refractivity contribution in [3.8, 4) is 6.07 Å². The van der Waals surface area contributed by atoms with Crippen LogP contribution in [0.4, 0.5) is 0 Å². The fraction of sp³-hybridized carbons (Fsp3) is 0.462. The average molecular weight is 279 g/mol. The van der Waals surface area contributed by atoms with Crippen LogP contribution in [0.25, 0.3) is 0 Å². The third-order valence-corrected chi connectivity index (χ3v) is 5.25. The molecule has 0 aromatic heterocycles. The fourth-order valence-electron chi connectivity index (χ4n) is 2.15. The first kappa shape index (κ1) is 14.0. The first-order chi connectivity index (χ1) is 8.92. The number of nitriles is 1. The van der Waals surface area contributed by atoms with Crippen LogP contribution in [0.15, 0.2) is 24.3 Å². The number of nitrogens with two attached hydrogens (primary N) is 1. The Morgan fingerprint density at radius 3 is 2.47 bits per heavy atom. The Morgan fingerprint density at radius 2 is 2.00 bits per heavy atom. The number of hydrogen-bond donors (Lipinski definition) is 1. The van der Waals surface area contributed by atoms with E-state index >= 15 is 0 Å². The highest BCUT2D eigenvalue weighted by molar-refractivity contribution is 7.88. The molecular formula is C13H17N3O2S. The van der Waals surface area contributed by atoms with Gasteiger partial charge in [0, 0.05) is 19.1 Å². The third kappa shape index (κ3) is 3.13. The van der Waals surface area contributed by atoms with E-state index in [1.807, 2.05) is 13.0 Å². The first-order valence-corrected chi connectivity index (χ1v) is 7.76. The lowest BCUT2D eigenvalue weighted by atomic mass is 10.1. The molecule has 1 aromatic rings. The van der Waals surface area contributed by atoms with E-state index in [2.05, 4.69) is 0 Å². The highest BCUT2D eigenvalue weighted by Crippen LogP contribution is 2.20. The summed E-state index contributed by atoms with van der Waals surface area (Å²) in [6.45, 7) is 2.83. The maximum atomic E-state index is 12.3. The van der Waals surface area contributed by atoms with Crippen LogP contribution in [0.5, 0.6) is 0 Å². The van der Waals surface area contributed by atoms with Gasteiger partial charge in [-0.1, -0.05) is 19.1 Å². The Balaban J connectivity index is 2.11. The number of nitrogens with zero attached hydrogens (tertiary/aromatic N) is 2. The van der Waals surface area contributed by atoms with Crippen LogP contribution >= 0.6 is 0 Å². The molecule has 1 aliphatic heterocycles. The van der Waals surface area contributed by atoms with Gasteiger partial charge in [-0.2, -0.15) is 9.57 Å². The third-order valence-electron chi connectivity index (χ3n) is 3.46. The number of hydrogen-bond acceptors (Lipinski definition) is 4. The Hall–Kier alpha value is -1.42. The van der Waals surface area contributed by atoms with E-state index in [4.69, 9.17) is 11.0 Å². The zero-order chi connectivity index (χ0) is 14.0. The second-order valence-corrected chi connectivity index (χ2v) is 6.99. The van der Waals surface area contributed by atoms with E-state index in [1.54, 1.807) is 24.3 Å². The van der Waals surface area contributed by atoms with Crippen molar-refractivity contribution in [3.05, 3.63) is 35.4 Å². The molecule has 19 heavy (non-hydrogen) atoms. The summed E-state index contributed by atoms with van der Waals surface area (Å²) >= 11 is 0. The van der Waals surface area contributed by atoms with Gasteiger partial charge in [-0.25, -0.2) is 8.42 Å². The van der Waals surface area contributed by atoms with Gasteiger partial charge in [-0.05, 0) is 23.6 Å². The van der Waals surface area contributed by atoms with Crippen molar-refractivity contribution in [3.63, 3.8) is 0 Å². The summed E-state index contributed by atoms with van der Waals surface area (Å²) in [5, 5.41) is 8.70. The number of benzene rings is 1. The molecule has 0 aliphatic carbocycles. The van der Waals surface area contributed by atoms with Crippen LogP contribution in [0.2, 0.25) is 0 Å². The van der Waals surface area contributed by atoms with Gasteiger partial charge < -0.3 is 5.73 Å². The summed E-state index contributed by atoms with van der Waals surface area (Å²) in [4.78, 5) is 0.